The first-order chi connectivity index (χ1) is 10.7. The van der Waals surface area contributed by atoms with Crippen molar-refractivity contribution in [2.24, 2.45) is 7.05 Å². The van der Waals surface area contributed by atoms with Crippen molar-refractivity contribution < 1.29 is 9.90 Å². The Kier molecular flexibility index (Phi) is 4.07. The highest BCUT2D eigenvalue weighted by Gasteiger charge is 2.16. The number of carbonyl (C=O) groups excluding carboxylic acids is 1. The van der Waals surface area contributed by atoms with Crippen LogP contribution in [-0.4, -0.2) is 22.1 Å². The molecular formula is C19H19NO2. The van der Waals surface area contributed by atoms with Crippen LogP contribution in [0, 0.1) is 0 Å². The number of para-hydroxylation sites is 1. The summed E-state index contributed by atoms with van der Waals surface area (Å²) in [5.74, 6) is 0.123. The highest BCUT2D eigenvalue weighted by molar-refractivity contribution is 6.09. The van der Waals surface area contributed by atoms with Gasteiger partial charge in [-0.25, -0.2) is 0 Å². The normalized spacial score (nSPS) is 11.0. The number of aliphatic hydroxyl groups is 1. The number of hydrogen-bond acceptors (Lipinski definition) is 2. The number of benzene rings is 2. The predicted molar refractivity (Wildman–Crippen MR) is 88.2 cm³/mol. The molecule has 3 nitrogen and oxygen atoms in total. The summed E-state index contributed by atoms with van der Waals surface area (Å²) in [7, 11) is 1.95. The molecule has 1 N–H and O–H groups in total. The third kappa shape index (κ3) is 2.68. The highest BCUT2D eigenvalue weighted by Crippen LogP contribution is 2.25. The lowest BCUT2D eigenvalue weighted by Crippen LogP contribution is -2.02. The van der Waals surface area contributed by atoms with Crippen LogP contribution in [-0.2, 0) is 19.9 Å². The van der Waals surface area contributed by atoms with E-state index in [4.69, 9.17) is 0 Å². The molecule has 1 aromatic heterocycles. The number of nitrogens with zero attached hydrogens (tertiary/aromatic N) is 1. The molecule has 0 saturated carbocycles. The Morgan fingerprint density at radius 3 is 2.59 bits per heavy atom. The highest BCUT2D eigenvalue weighted by atomic mass is 16.3. The second kappa shape index (κ2) is 6.16. The summed E-state index contributed by atoms with van der Waals surface area (Å²) in [6.07, 6.45) is 2.91. The monoisotopic (exact) mass is 293 g/mol. The molecule has 3 heteroatoms. The van der Waals surface area contributed by atoms with Gasteiger partial charge in [0.05, 0.1) is 5.52 Å². The van der Waals surface area contributed by atoms with Gasteiger partial charge in [0.1, 0.15) is 0 Å². The molecule has 0 radical (unpaired) electrons. The molecule has 3 rings (SSSR count). The molecule has 0 aliphatic rings. The summed E-state index contributed by atoms with van der Waals surface area (Å²) in [5, 5.41) is 10.2. The van der Waals surface area contributed by atoms with Gasteiger partial charge < -0.3 is 9.67 Å². The predicted octanol–water partition coefficient (Wildman–Crippen LogP) is 3.14. The number of ketones is 1. The van der Waals surface area contributed by atoms with E-state index in [1.165, 1.54) is 0 Å². The van der Waals surface area contributed by atoms with Gasteiger partial charge in [-0.05, 0) is 17.5 Å². The zero-order valence-electron chi connectivity index (χ0n) is 12.6. The summed E-state index contributed by atoms with van der Waals surface area (Å²) in [6, 6.07) is 15.7. The van der Waals surface area contributed by atoms with Crippen LogP contribution in [0.3, 0.4) is 0 Å². The van der Waals surface area contributed by atoms with Crippen molar-refractivity contribution >= 4 is 16.7 Å². The molecule has 3 aromatic rings. The van der Waals surface area contributed by atoms with Crippen LogP contribution < -0.4 is 0 Å². The third-order valence-corrected chi connectivity index (χ3v) is 3.97. The Labute approximate surface area is 129 Å². The van der Waals surface area contributed by atoms with Crippen LogP contribution in [0.2, 0.25) is 0 Å². The molecule has 0 spiro atoms. The van der Waals surface area contributed by atoms with E-state index in [1.807, 2.05) is 66.3 Å². The van der Waals surface area contributed by atoms with Crippen molar-refractivity contribution in [2.45, 2.75) is 12.8 Å². The van der Waals surface area contributed by atoms with E-state index in [0.29, 0.717) is 12.8 Å². The van der Waals surface area contributed by atoms with Gasteiger partial charge in [-0.1, -0.05) is 48.5 Å². The number of carbonyl (C=O) groups is 1. The minimum Gasteiger partial charge on any atom is -0.396 e. The third-order valence-electron chi connectivity index (χ3n) is 3.97. The van der Waals surface area contributed by atoms with Gasteiger partial charge in [-0.15, -0.1) is 0 Å². The van der Waals surface area contributed by atoms with Crippen molar-refractivity contribution in [2.75, 3.05) is 6.61 Å². The summed E-state index contributed by atoms with van der Waals surface area (Å²) < 4.78 is 1.98. The van der Waals surface area contributed by atoms with Gasteiger partial charge in [0.2, 0.25) is 0 Å². The molecule has 0 saturated heterocycles. The van der Waals surface area contributed by atoms with Gasteiger partial charge in [-0.3, -0.25) is 4.79 Å². The molecule has 112 valence electrons. The number of aromatic nitrogens is 1. The fraction of sp³-hybridized carbons (Fsp3) is 0.211. The van der Waals surface area contributed by atoms with E-state index in [-0.39, 0.29) is 12.4 Å². The number of aryl methyl sites for hydroxylation is 1. The Hall–Kier alpha value is -2.39. The topological polar surface area (TPSA) is 42.2 Å². The maximum Gasteiger partial charge on any atom is 0.169 e. The number of aliphatic hydroxyl groups excluding tert-OH is 1. The second-order valence-corrected chi connectivity index (χ2v) is 5.53. The van der Waals surface area contributed by atoms with E-state index >= 15 is 0 Å². The Morgan fingerprint density at radius 2 is 1.86 bits per heavy atom. The van der Waals surface area contributed by atoms with Crippen LogP contribution in [0.5, 0.6) is 0 Å². The first-order valence-electron chi connectivity index (χ1n) is 7.45. The SMILES string of the molecule is Cn1cc(C(=O)Cc2ccccc2)c2cccc(CCO)c21. The molecule has 0 atom stereocenters. The lowest BCUT2D eigenvalue weighted by atomic mass is 10.0. The molecule has 22 heavy (non-hydrogen) atoms. The summed E-state index contributed by atoms with van der Waals surface area (Å²) in [4.78, 5) is 12.6. The van der Waals surface area contributed by atoms with E-state index in [9.17, 15) is 9.90 Å². The molecule has 0 fully saturated rings. The van der Waals surface area contributed by atoms with Crippen molar-refractivity contribution in [1.29, 1.82) is 0 Å². The molecule has 0 aliphatic carbocycles. The van der Waals surface area contributed by atoms with Crippen molar-refractivity contribution in [1.82, 2.24) is 4.57 Å². The Bertz CT molecular complexity index is 803. The molecular weight excluding hydrogens is 274 g/mol. The minimum atomic E-state index is 0.109. The maximum absolute atomic E-state index is 12.6. The van der Waals surface area contributed by atoms with E-state index in [1.54, 1.807) is 0 Å². The maximum atomic E-state index is 12.6. The first-order valence-corrected chi connectivity index (χ1v) is 7.45. The lowest BCUT2D eigenvalue weighted by Gasteiger charge is -2.04. The molecule has 2 aromatic carbocycles. The standard InChI is InChI=1S/C19H19NO2/c1-20-13-17(18(22)12-14-6-3-2-4-7-14)16-9-5-8-15(10-11-21)19(16)20/h2-9,13,21H,10-12H2,1H3. The summed E-state index contributed by atoms with van der Waals surface area (Å²) >= 11 is 0. The average molecular weight is 293 g/mol. The van der Waals surface area contributed by atoms with Crippen molar-refractivity contribution in [3.05, 3.63) is 71.4 Å². The zero-order valence-corrected chi connectivity index (χ0v) is 12.6. The molecule has 0 amide bonds. The number of Topliss-reactive ketones (excluding diaryl/α,β-unsaturated/α-hetero) is 1. The Morgan fingerprint density at radius 1 is 1.09 bits per heavy atom. The van der Waals surface area contributed by atoms with E-state index < -0.39 is 0 Å². The molecule has 0 bridgehead atoms. The second-order valence-electron chi connectivity index (χ2n) is 5.53. The quantitative estimate of drug-likeness (QED) is 0.734. The van der Waals surface area contributed by atoms with E-state index in [2.05, 4.69) is 0 Å². The van der Waals surface area contributed by atoms with Crippen LogP contribution >= 0.6 is 0 Å². The van der Waals surface area contributed by atoms with Crippen LogP contribution in [0.25, 0.3) is 10.9 Å². The smallest absolute Gasteiger partial charge is 0.169 e. The van der Waals surface area contributed by atoms with Gasteiger partial charge >= 0.3 is 0 Å². The van der Waals surface area contributed by atoms with Gasteiger partial charge in [0, 0.05) is 37.2 Å². The van der Waals surface area contributed by atoms with Gasteiger partial charge in [0.15, 0.2) is 5.78 Å². The van der Waals surface area contributed by atoms with Crippen LogP contribution in [0.4, 0.5) is 0 Å². The van der Waals surface area contributed by atoms with E-state index in [0.717, 1.165) is 27.6 Å². The largest absolute Gasteiger partial charge is 0.396 e. The first kappa shape index (κ1) is 14.5. The number of fused-ring (bicyclic) bond motifs is 1. The fourth-order valence-corrected chi connectivity index (χ4v) is 2.97. The molecule has 1 heterocycles. The molecule has 0 unspecified atom stereocenters. The average Bonchev–Trinajstić information content (AvgIpc) is 2.87. The number of hydrogen-bond donors (Lipinski definition) is 1. The summed E-state index contributed by atoms with van der Waals surface area (Å²) in [6.45, 7) is 0.109. The zero-order chi connectivity index (χ0) is 15.5. The number of rotatable bonds is 5. The summed E-state index contributed by atoms with van der Waals surface area (Å²) in [5.41, 5.74) is 3.88. The van der Waals surface area contributed by atoms with Crippen LogP contribution in [0.15, 0.2) is 54.7 Å². The lowest BCUT2D eigenvalue weighted by molar-refractivity contribution is 0.0994. The van der Waals surface area contributed by atoms with Crippen molar-refractivity contribution in [3.63, 3.8) is 0 Å². The van der Waals surface area contributed by atoms with Gasteiger partial charge in [-0.2, -0.15) is 0 Å². The molecule has 0 aliphatic heterocycles. The van der Waals surface area contributed by atoms with Crippen LogP contribution in [0.1, 0.15) is 21.5 Å². The van der Waals surface area contributed by atoms with Crippen molar-refractivity contribution in [3.8, 4) is 0 Å². The fourth-order valence-electron chi connectivity index (χ4n) is 2.97. The minimum absolute atomic E-state index is 0.109. The Balaban J connectivity index is 2.01. The van der Waals surface area contributed by atoms with Gasteiger partial charge in [0.25, 0.3) is 0 Å².